The molecule has 0 unspecified atom stereocenters. The van der Waals surface area contributed by atoms with Crippen molar-refractivity contribution in [1.29, 1.82) is 0 Å². The zero-order valence-corrected chi connectivity index (χ0v) is 8.61. The van der Waals surface area contributed by atoms with Crippen LogP contribution in [0.15, 0.2) is 42.5 Å². The lowest BCUT2D eigenvalue weighted by Gasteiger charge is -2.05. The van der Waals surface area contributed by atoms with E-state index in [0.29, 0.717) is 5.56 Å². The Kier molecular flexibility index (Phi) is 4.09. The summed E-state index contributed by atoms with van der Waals surface area (Å²) in [6, 6.07) is 4.57. The highest BCUT2D eigenvalue weighted by molar-refractivity contribution is 5.80. The van der Waals surface area contributed by atoms with Crippen LogP contribution < -0.4 is 0 Å². The maximum absolute atomic E-state index is 12.2. The summed E-state index contributed by atoms with van der Waals surface area (Å²) in [4.78, 5) is 10.1. The lowest BCUT2D eigenvalue weighted by Crippen LogP contribution is -2.03. The summed E-state index contributed by atoms with van der Waals surface area (Å²) in [6.45, 7) is 0. The summed E-state index contributed by atoms with van der Waals surface area (Å²) in [5.74, 6) is -1.08. The third-order valence-electron chi connectivity index (χ3n) is 1.88. The van der Waals surface area contributed by atoms with Gasteiger partial charge < -0.3 is 5.11 Å². The van der Waals surface area contributed by atoms with Crippen LogP contribution in [-0.4, -0.2) is 11.1 Å². The highest BCUT2D eigenvalue weighted by Gasteiger charge is 2.29. The zero-order valence-electron chi connectivity index (χ0n) is 8.61. The first-order valence-electron chi connectivity index (χ1n) is 4.64. The molecule has 0 heterocycles. The molecule has 0 bridgehead atoms. The summed E-state index contributed by atoms with van der Waals surface area (Å²) in [5.41, 5.74) is -0.149. The molecule has 0 aliphatic heterocycles. The molecule has 0 amide bonds. The molecule has 17 heavy (non-hydrogen) atoms. The third kappa shape index (κ3) is 4.55. The summed E-state index contributed by atoms with van der Waals surface area (Å²) < 4.78 is 36.7. The first-order chi connectivity index (χ1) is 7.89. The first-order valence-corrected chi connectivity index (χ1v) is 4.64. The number of carboxylic acids is 1. The molecule has 0 atom stereocenters. The van der Waals surface area contributed by atoms with Crippen LogP contribution in [0.1, 0.15) is 11.1 Å². The molecule has 1 N–H and O–H groups in total. The van der Waals surface area contributed by atoms with Gasteiger partial charge in [-0.05, 0) is 17.7 Å². The van der Waals surface area contributed by atoms with Crippen LogP contribution in [0, 0.1) is 0 Å². The Morgan fingerprint density at radius 3 is 2.18 bits per heavy atom. The van der Waals surface area contributed by atoms with Crippen molar-refractivity contribution in [3.05, 3.63) is 53.6 Å². The van der Waals surface area contributed by atoms with Crippen LogP contribution in [0.25, 0.3) is 6.08 Å². The van der Waals surface area contributed by atoms with Gasteiger partial charge in [0.15, 0.2) is 0 Å². The van der Waals surface area contributed by atoms with Crippen LogP contribution in [0.4, 0.5) is 13.2 Å². The predicted molar refractivity (Wildman–Crippen MR) is 57.3 cm³/mol. The van der Waals surface area contributed by atoms with Crippen molar-refractivity contribution >= 4 is 12.0 Å². The highest BCUT2D eigenvalue weighted by Crippen LogP contribution is 2.29. The molecule has 0 fully saturated rings. The Labute approximate surface area is 95.7 Å². The topological polar surface area (TPSA) is 37.3 Å². The zero-order chi connectivity index (χ0) is 12.9. The van der Waals surface area contributed by atoms with Gasteiger partial charge in [-0.2, -0.15) is 13.2 Å². The Morgan fingerprint density at radius 2 is 1.71 bits per heavy atom. The van der Waals surface area contributed by atoms with Crippen molar-refractivity contribution in [2.75, 3.05) is 0 Å². The number of hydrogen-bond donors (Lipinski definition) is 1. The largest absolute Gasteiger partial charge is 0.478 e. The van der Waals surface area contributed by atoms with E-state index in [2.05, 4.69) is 0 Å². The molecule has 0 saturated carbocycles. The lowest BCUT2D eigenvalue weighted by atomic mass is 10.1. The van der Waals surface area contributed by atoms with E-state index in [1.54, 1.807) is 0 Å². The van der Waals surface area contributed by atoms with Crippen molar-refractivity contribution in [2.45, 2.75) is 6.18 Å². The molecule has 0 aliphatic carbocycles. The Balaban J connectivity index is 2.72. The second-order valence-electron chi connectivity index (χ2n) is 3.18. The van der Waals surface area contributed by atoms with Gasteiger partial charge in [0, 0.05) is 6.08 Å². The molecule has 1 aromatic rings. The molecule has 0 aromatic heterocycles. The fraction of sp³-hybridized carbons (Fsp3) is 0.0833. The van der Waals surface area contributed by atoms with E-state index >= 15 is 0 Å². The predicted octanol–water partition coefficient (Wildman–Crippen LogP) is 3.36. The Morgan fingerprint density at radius 1 is 1.12 bits per heavy atom. The molecule has 2 nitrogen and oxygen atoms in total. The van der Waals surface area contributed by atoms with Gasteiger partial charge in [-0.15, -0.1) is 0 Å². The third-order valence-corrected chi connectivity index (χ3v) is 1.88. The second kappa shape index (κ2) is 5.34. The molecule has 0 radical (unpaired) electrons. The summed E-state index contributed by atoms with van der Waals surface area (Å²) in [5, 5.41) is 8.29. The van der Waals surface area contributed by atoms with Crippen molar-refractivity contribution in [3.63, 3.8) is 0 Å². The van der Waals surface area contributed by atoms with Crippen LogP contribution in [-0.2, 0) is 11.0 Å². The SMILES string of the molecule is O=C(O)C=CC=Cc1ccc(C(F)(F)F)cc1. The highest BCUT2D eigenvalue weighted by atomic mass is 19.4. The maximum Gasteiger partial charge on any atom is 0.416 e. The molecule has 1 rings (SSSR count). The van der Waals surface area contributed by atoms with Gasteiger partial charge in [0.2, 0.25) is 0 Å². The number of aliphatic carboxylic acids is 1. The average molecular weight is 242 g/mol. The quantitative estimate of drug-likeness (QED) is 0.651. The Hall–Kier alpha value is -2.04. The van der Waals surface area contributed by atoms with Crippen molar-refractivity contribution < 1.29 is 23.1 Å². The molecular formula is C12H9F3O2. The van der Waals surface area contributed by atoms with Gasteiger partial charge in [-0.25, -0.2) is 4.79 Å². The van der Waals surface area contributed by atoms with E-state index in [-0.39, 0.29) is 0 Å². The van der Waals surface area contributed by atoms with E-state index in [4.69, 9.17) is 5.11 Å². The number of benzene rings is 1. The Bertz CT molecular complexity index is 442. The summed E-state index contributed by atoms with van der Waals surface area (Å²) >= 11 is 0. The van der Waals surface area contributed by atoms with Crippen molar-refractivity contribution in [1.82, 2.24) is 0 Å². The number of carboxylic acid groups (broad SMARTS) is 1. The van der Waals surface area contributed by atoms with Crippen molar-refractivity contribution in [3.8, 4) is 0 Å². The molecule has 0 spiro atoms. The fourth-order valence-corrected chi connectivity index (χ4v) is 1.09. The minimum atomic E-state index is -4.34. The molecule has 0 aliphatic rings. The number of alkyl halides is 3. The molecular weight excluding hydrogens is 233 g/mol. The number of rotatable bonds is 3. The molecule has 90 valence electrons. The number of hydrogen-bond acceptors (Lipinski definition) is 1. The van der Waals surface area contributed by atoms with Gasteiger partial charge in [-0.3, -0.25) is 0 Å². The van der Waals surface area contributed by atoms with Crippen LogP contribution in [0.5, 0.6) is 0 Å². The molecule has 0 saturated heterocycles. The minimum absolute atomic E-state index is 0.563. The van der Waals surface area contributed by atoms with Gasteiger partial charge in [0.25, 0.3) is 0 Å². The van der Waals surface area contributed by atoms with Gasteiger partial charge >= 0.3 is 12.1 Å². The van der Waals surface area contributed by atoms with Gasteiger partial charge in [0.05, 0.1) is 5.56 Å². The maximum atomic E-state index is 12.2. The number of allylic oxidation sites excluding steroid dienone is 2. The first kappa shape index (κ1) is 13.0. The monoisotopic (exact) mass is 242 g/mol. The standard InChI is InChI=1S/C12H9F3O2/c13-12(14,15)10-7-5-9(6-8-10)3-1-2-4-11(16)17/h1-8H,(H,16,17). The van der Waals surface area contributed by atoms with Crippen LogP contribution in [0.2, 0.25) is 0 Å². The summed E-state index contributed by atoms with van der Waals surface area (Å²) in [6.07, 6.45) is 0.836. The van der Waals surface area contributed by atoms with Gasteiger partial charge in [0.1, 0.15) is 0 Å². The smallest absolute Gasteiger partial charge is 0.416 e. The van der Waals surface area contributed by atoms with E-state index in [1.807, 2.05) is 0 Å². The van der Waals surface area contributed by atoms with Crippen LogP contribution in [0.3, 0.4) is 0 Å². The number of carbonyl (C=O) groups is 1. The van der Waals surface area contributed by atoms with Crippen LogP contribution >= 0.6 is 0 Å². The van der Waals surface area contributed by atoms with E-state index in [9.17, 15) is 18.0 Å². The van der Waals surface area contributed by atoms with E-state index in [1.165, 1.54) is 30.4 Å². The van der Waals surface area contributed by atoms with Crippen molar-refractivity contribution in [2.24, 2.45) is 0 Å². The van der Waals surface area contributed by atoms with E-state index < -0.39 is 17.7 Å². The fourth-order valence-electron chi connectivity index (χ4n) is 1.09. The molecule has 1 aromatic carbocycles. The minimum Gasteiger partial charge on any atom is -0.478 e. The lowest BCUT2D eigenvalue weighted by molar-refractivity contribution is -0.137. The second-order valence-corrected chi connectivity index (χ2v) is 3.18. The molecule has 5 heteroatoms. The van der Waals surface area contributed by atoms with E-state index in [0.717, 1.165) is 18.2 Å². The average Bonchev–Trinajstić information content (AvgIpc) is 2.23. The normalized spacial score (nSPS) is 12.4. The van der Waals surface area contributed by atoms with Gasteiger partial charge in [-0.1, -0.05) is 30.4 Å². The number of halogens is 3. The summed E-state index contributed by atoms with van der Waals surface area (Å²) in [7, 11) is 0.